The Morgan fingerprint density at radius 3 is 2.70 bits per heavy atom. The first-order valence-electron chi connectivity index (χ1n) is 7.01. The zero-order chi connectivity index (χ0) is 16.7. The van der Waals surface area contributed by atoms with Gasteiger partial charge >= 0.3 is 5.97 Å². The number of methoxy groups -OCH3 is 2. The molecule has 0 radical (unpaired) electrons. The van der Waals surface area contributed by atoms with Gasteiger partial charge in [-0.1, -0.05) is 24.3 Å². The number of rotatable bonds is 5. The zero-order valence-electron chi connectivity index (χ0n) is 13.1. The lowest BCUT2D eigenvalue weighted by atomic mass is 10.1. The van der Waals surface area contributed by atoms with Gasteiger partial charge < -0.3 is 20.5 Å². The van der Waals surface area contributed by atoms with E-state index < -0.39 is 0 Å². The number of esters is 1. The van der Waals surface area contributed by atoms with Crippen molar-refractivity contribution < 1.29 is 14.3 Å². The van der Waals surface area contributed by atoms with Crippen LogP contribution in [0.3, 0.4) is 0 Å². The number of nitrogens with one attached hydrogen (secondary N) is 1. The lowest BCUT2D eigenvalue weighted by Gasteiger charge is -2.10. The number of anilines is 1. The number of guanidine groups is 1. The van der Waals surface area contributed by atoms with Crippen LogP contribution in [0, 0.1) is 0 Å². The SMILES string of the molecule is COC(=O)c1cccc(CN=C(N)Nc2ccccc2OC)c1. The van der Waals surface area contributed by atoms with Gasteiger partial charge in [-0.05, 0) is 29.8 Å². The zero-order valence-corrected chi connectivity index (χ0v) is 13.1. The van der Waals surface area contributed by atoms with Crippen LogP contribution < -0.4 is 15.8 Å². The lowest BCUT2D eigenvalue weighted by Crippen LogP contribution is -2.22. The third-order valence-corrected chi connectivity index (χ3v) is 3.15. The van der Waals surface area contributed by atoms with Crippen molar-refractivity contribution in [2.45, 2.75) is 6.54 Å². The molecular weight excluding hydrogens is 294 g/mol. The predicted octanol–water partition coefficient (Wildman–Crippen LogP) is 2.41. The number of nitrogens with zero attached hydrogens (tertiary/aromatic N) is 1. The van der Waals surface area contributed by atoms with Gasteiger partial charge in [0.2, 0.25) is 0 Å². The van der Waals surface area contributed by atoms with Crippen LogP contribution in [0.25, 0.3) is 0 Å². The number of aliphatic imine (C=N–C) groups is 1. The van der Waals surface area contributed by atoms with Crippen molar-refractivity contribution in [3.05, 3.63) is 59.7 Å². The monoisotopic (exact) mass is 313 g/mol. The molecule has 0 fully saturated rings. The molecule has 0 heterocycles. The highest BCUT2D eigenvalue weighted by molar-refractivity contribution is 5.93. The number of hydrogen-bond acceptors (Lipinski definition) is 4. The highest BCUT2D eigenvalue weighted by Crippen LogP contribution is 2.22. The summed E-state index contributed by atoms with van der Waals surface area (Å²) in [7, 11) is 2.94. The molecule has 0 spiro atoms. The Morgan fingerprint density at radius 1 is 1.17 bits per heavy atom. The van der Waals surface area contributed by atoms with Crippen LogP contribution in [0.1, 0.15) is 15.9 Å². The van der Waals surface area contributed by atoms with Crippen LogP contribution >= 0.6 is 0 Å². The molecule has 2 rings (SSSR count). The molecule has 0 amide bonds. The van der Waals surface area contributed by atoms with Gasteiger partial charge in [0.15, 0.2) is 5.96 Å². The largest absolute Gasteiger partial charge is 0.495 e. The molecule has 0 saturated heterocycles. The van der Waals surface area contributed by atoms with Crippen molar-refractivity contribution in [1.82, 2.24) is 0 Å². The van der Waals surface area contributed by atoms with Crippen LogP contribution in [0.2, 0.25) is 0 Å². The average Bonchev–Trinajstić information content (AvgIpc) is 2.60. The van der Waals surface area contributed by atoms with Crippen molar-refractivity contribution in [3.8, 4) is 5.75 Å². The Labute approximate surface area is 134 Å². The van der Waals surface area contributed by atoms with Crippen molar-refractivity contribution in [2.75, 3.05) is 19.5 Å². The number of benzene rings is 2. The molecule has 0 aliphatic carbocycles. The van der Waals surface area contributed by atoms with Gasteiger partial charge in [0.05, 0.1) is 32.0 Å². The van der Waals surface area contributed by atoms with Crippen LogP contribution in [-0.2, 0) is 11.3 Å². The van der Waals surface area contributed by atoms with E-state index in [1.165, 1.54) is 7.11 Å². The number of carbonyl (C=O) groups excluding carboxylic acids is 1. The highest BCUT2D eigenvalue weighted by atomic mass is 16.5. The van der Waals surface area contributed by atoms with Gasteiger partial charge in [-0.3, -0.25) is 0 Å². The van der Waals surface area contributed by atoms with Crippen LogP contribution in [0.15, 0.2) is 53.5 Å². The normalized spacial score (nSPS) is 11.0. The van der Waals surface area contributed by atoms with E-state index >= 15 is 0 Å². The quantitative estimate of drug-likeness (QED) is 0.503. The first-order valence-corrected chi connectivity index (χ1v) is 7.01. The predicted molar refractivity (Wildman–Crippen MR) is 89.7 cm³/mol. The maximum atomic E-state index is 11.5. The van der Waals surface area contributed by atoms with Crippen molar-refractivity contribution in [3.63, 3.8) is 0 Å². The van der Waals surface area contributed by atoms with E-state index in [9.17, 15) is 4.79 Å². The Kier molecular flexibility index (Phi) is 5.57. The standard InChI is InChI=1S/C17H19N3O3/c1-22-15-9-4-3-8-14(15)20-17(18)19-11-12-6-5-7-13(10-12)16(21)23-2/h3-10H,11H2,1-2H3,(H3,18,19,20). The number of para-hydroxylation sites is 2. The second-order valence-electron chi connectivity index (χ2n) is 4.72. The molecule has 0 bridgehead atoms. The molecule has 120 valence electrons. The molecular formula is C17H19N3O3. The van der Waals surface area contributed by atoms with Gasteiger partial charge in [-0.25, -0.2) is 9.79 Å². The van der Waals surface area contributed by atoms with E-state index in [0.717, 1.165) is 11.3 Å². The van der Waals surface area contributed by atoms with Crippen LogP contribution in [-0.4, -0.2) is 26.1 Å². The summed E-state index contributed by atoms with van der Waals surface area (Å²) >= 11 is 0. The first-order chi connectivity index (χ1) is 11.1. The minimum atomic E-state index is -0.379. The second kappa shape index (κ2) is 7.84. The van der Waals surface area contributed by atoms with Gasteiger partial charge in [0, 0.05) is 0 Å². The summed E-state index contributed by atoms with van der Waals surface area (Å²) in [5, 5.41) is 2.99. The molecule has 6 nitrogen and oxygen atoms in total. The molecule has 6 heteroatoms. The number of nitrogens with two attached hydrogens (primary N) is 1. The molecule has 0 aliphatic heterocycles. The molecule has 3 N–H and O–H groups in total. The summed E-state index contributed by atoms with van der Waals surface area (Å²) < 4.78 is 9.93. The summed E-state index contributed by atoms with van der Waals surface area (Å²) in [6, 6.07) is 14.5. The molecule has 0 aromatic heterocycles. The average molecular weight is 313 g/mol. The number of ether oxygens (including phenoxy) is 2. The third-order valence-electron chi connectivity index (χ3n) is 3.15. The Bertz CT molecular complexity index is 714. The summed E-state index contributed by atoms with van der Waals surface area (Å²) in [5.41, 5.74) is 7.97. The third kappa shape index (κ3) is 4.47. The van der Waals surface area contributed by atoms with Gasteiger partial charge in [0.25, 0.3) is 0 Å². The van der Waals surface area contributed by atoms with Gasteiger partial charge in [-0.15, -0.1) is 0 Å². The fourth-order valence-electron chi connectivity index (χ4n) is 2.02. The molecule has 23 heavy (non-hydrogen) atoms. The molecule has 2 aromatic rings. The van der Waals surface area contributed by atoms with E-state index in [-0.39, 0.29) is 11.9 Å². The smallest absolute Gasteiger partial charge is 0.337 e. The summed E-state index contributed by atoms with van der Waals surface area (Å²) in [6.07, 6.45) is 0. The number of hydrogen-bond donors (Lipinski definition) is 2. The molecule has 2 aromatic carbocycles. The molecule has 0 aliphatic rings. The number of carbonyl (C=O) groups is 1. The molecule has 0 atom stereocenters. The summed E-state index contributed by atoms with van der Waals surface area (Å²) in [4.78, 5) is 15.8. The highest BCUT2D eigenvalue weighted by Gasteiger charge is 2.06. The molecule has 0 unspecified atom stereocenters. The van der Waals surface area contributed by atoms with Crippen molar-refractivity contribution in [2.24, 2.45) is 10.7 Å². The van der Waals surface area contributed by atoms with E-state index in [0.29, 0.717) is 17.9 Å². The van der Waals surface area contributed by atoms with E-state index in [1.54, 1.807) is 25.3 Å². The van der Waals surface area contributed by atoms with E-state index in [4.69, 9.17) is 15.2 Å². The topological polar surface area (TPSA) is 85.9 Å². The fraction of sp³-hybridized carbons (Fsp3) is 0.176. The summed E-state index contributed by atoms with van der Waals surface area (Å²) in [5.74, 6) is 0.562. The van der Waals surface area contributed by atoms with Gasteiger partial charge in [-0.2, -0.15) is 0 Å². The maximum Gasteiger partial charge on any atom is 0.337 e. The second-order valence-corrected chi connectivity index (χ2v) is 4.72. The Balaban J connectivity index is 2.06. The fourth-order valence-corrected chi connectivity index (χ4v) is 2.02. The van der Waals surface area contributed by atoms with E-state index in [2.05, 4.69) is 10.3 Å². The van der Waals surface area contributed by atoms with Crippen LogP contribution in [0.5, 0.6) is 5.75 Å². The minimum Gasteiger partial charge on any atom is -0.495 e. The Hall–Kier alpha value is -3.02. The van der Waals surface area contributed by atoms with Gasteiger partial charge in [0.1, 0.15) is 5.75 Å². The van der Waals surface area contributed by atoms with Crippen molar-refractivity contribution >= 4 is 17.6 Å². The lowest BCUT2D eigenvalue weighted by molar-refractivity contribution is 0.0600. The van der Waals surface area contributed by atoms with E-state index in [1.807, 2.05) is 30.3 Å². The maximum absolute atomic E-state index is 11.5. The summed E-state index contributed by atoms with van der Waals surface area (Å²) in [6.45, 7) is 0.346. The Morgan fingerprint density at radius 2 is 1.96 bits per heavy atom. The molecule has 0 saturated carbocycles. The van der Waals surface area contributed by atoms with Crippen molar-refractivity contribution in [1.29, 1.82) is 0 Å². The first kappa shape index (κ1) is 16.4. The van der Waals surface area contributed by atoms with Crippen LogP contribution in [0.4, 0.5) is 5.69 Å². The minimum absolute atomic E-state index is 0.262.